The van der Waals surface area contributed by atoms with Crippen LogP contribution in [-0.4, -0.2) is 23.0 Å². The largest absolute Gasteiger partial charge is 0.398 e. The molecule has 5 heteroatoms. The van der Waals surface area contributed by atoms with E-state index >= 15 is 0 Å². The molecule has 0 aromatic heterocycles. The first kappa shape index (κ1) is 11.5. The van der Waals surface area contributed by atoms with E-state index < -0.39 is 23.0 Å². The zero-order valence-electron chi connectivity index (χ0n) is 8.26. The molecule has 0 aromatic carbocycles. The van der Waals surface area contributed by atoms with Crippen molar-refractivity contribution in [2.45, 2.75) is 39.3 Å². The van der Waals surface area contributed by atoms with E-state index in [0.717, 1.165) is 0 Å². The number of rotatable bonds is 2. The fraction of sp³-hybridized carbons (Fsp3) is 1.00. The van der Waals surface area contributed by atoms with Crippen LogP contribution in [0.15, 0.2) is 0 Å². The van der Waals surface area contributed by atoms with Gasteiger partial charge in [-0.2, -0.15) is 0 Å². The van der Waals surface area contributed by atoms with Crippen LogP contribution in [0.3, 0.4) is 0 Å². The summed E-state index contributed by atoms with van der Waals surface area (Å²) < 4.78 is 26.5. The second-order valence-electron chi connectivity index (χ2n) is 4.76. The van der Waals surface area contributed by atoms with E-state index in [9.17, 15) is 8.22 Å². The van der Waals surface area contributed by atoms with Gasteiger partial charge in [0.1, 0.15) is 7.11 Å². The van der Waals surface area contributed by atoms with Crippen molar-refractivity contribution < 1.29 is 8.22 Å². The maximum absolute atomic E-state index is 13.2. The Balaban J connectivity index is 4.75. The van der Waals surface area contributed by atoms with Gasteiger partial charge in [-0.15, -0.1) is 0 Å². The van der Waals surface area contributed by atoms with E-state index in [0.29, 0.717) is 0 Å². The third-order valence-corrected chi connectivity index (χ3v) is 37.5. The van der Waals surface area contributed by atoms with Crippen molar-refractivity contribution in [2.75, 3.05) is 0 Å². The van der Waals surface area contributed by atoms with Crippen LogP contribution in [0.4, 0.5) is 8.22 Å². The van der Waals surface area contributed by atoms with Gasteiger partial charge in [-0.05, 0) is 6.55 Å². The van der Waals surface area contributed by atoms with Crippen molar-refractivity contribution in [3.8, 4) is 0 Å². The summed E-state index contributed by atoms with van der Waals surface area (Å²) in [6, 6.07) is 0. The highest BCUT2D eigenvalue weighted by Gasteiger charge is 2.56. The number of halogens is 2. The van der Waals surface area contributed by atoms with Gasteiger partial charge in [0.15, 0.2) is 0 Å². The van der Waals surface area contributed by atoms with Crippen molar-refractivity contribution in [3.05, 3.63) is 0 Å². The summed E-state index contributed by atoms with van der Waals surface area (Å²) in [4.78, 5) is 0. The molecule has 0 aromatic rings. The van der Waals surface area contributed by atoms with E-state index in [2.05, 4.69) is 19.6 Å². The van der Waals surface area contributed by atoms with Gasteiger partial charge in [-0.1, -0.05) is 32.7 Å². The molecular formula is C6H18F2Si3. The Morgan fingerprint density at radius 2 is 1.00 bits per heavy atom. The minimum atomic E-state index is -3.82. The van der Waals surface area contributed by atoms with Gasteiger partial charge in [-0.25, -0.2) is 0 Å². The molecule has 0 fully saturated rings. The zero-order chi connectivity index (χ0) is 9.50. The van der Waals surface area contributed by atoms with E-state index in [1.54, 1.807) is 0 Å². The molecule has 0 N–H and O–H groups in total. The fourth-order valence-electron chi connectivity index (χ4n) is 0.658. The van der Waals surface area contributed by atoms with E-state index in [1.165, 1.54) is 6.55 Å². The molecule has 0 radical (unpaired) electrons. The first-order chi connectivity index (χ1) is 4.50. The van der Waals surface area contributed by atoms with Crippen LogP contribution >= 0.6 is 0 Å². The average Bonchev–Trinajstić information content (AvgIpc) is 1.58. The van der Waals surface area contributed by atoms with Crippen LogP contribution in [0.2, 0.25) is 39.3 Å². The lowest BCUT2D eigenvalue weighted by molar-refractivity contribution is 0.650. The molecule has 0 aliphatic carbocycles. The molecule has 0 unspecified atom stereocenters. The molecule has 0 aliphatic rings. The van der Waals surface area contributed by atoms with E-state index in [1.807, 2.05) is 13.1 Å². The lowest BCUT2D eigenvalue weighted by Crippen LogP contribution is -2.66. The molecule has 0 bridgehead atoms. The van der Waals surface area contributed by atoms with Crippen molar-refractivity contribution in [1.82, 2.24) is 0 Å². The van der Waals surface area contributed by atoms with Crippen LogP contribution in [0.25, 0.3) is 0 Å². The molecule has 0 saturated heterocycles. The smallest absolute Gasteiger partial charge is 0.276 e. The summed E-state index contributed by atoms with van der Waals surface area (Å²) in [5.74, 6) is 0. The predicted octanol–water partition coefficient (Wildman–Crippen LogP) is 3.20. The lowest BCUT2D eigenvalue weighted by Gasteiger charge is -2.37. The molecule has 11 heavy (non-hydrogen) atoms. The molecule has 0 saturated carbocycles. The Labute approximate surface area is 71.0 Å². The lowest BCUT2D eigenvalue weighted by atomic mass is 11.8. The molecule has 0 aliphatic heterocycles. The first-order valence-electron chi connectivity index (χ1n) is 3.88. The van der Waals surface area contributed by atoms with Crippen LogP contribution in [0, 0.1) is 0 Å². The van der Waals surface area contributed by atoms with Crippen molar-refractivity contribution >= 4 is 23.0 Å². The summed E-state index contributed by atoms with van der Waals surface area (Å²) in [6.45, 7) is 11.2. The standard InChI is InChI=1S/C6H18F2Si3/c1-9(2,3)10(4,5)11(6,7)8/h1-6H3. The average molecular weight is 212 g/mol. The molecule has 0 nitrogen and oxygen atoms in total. The summed E-state index contributed by atoms with van der Waals surface area (Å²) in [6.07, 6.45) is 0. The second-order valence-corrected chi connectivity index (χ2v) is 30.4. The van der Waals surface area contributed by atoms with Gasteiger partial charge in [0, 0.05) is 7.59 Å². The SMILES string of the molecule is C[Si](C)(C)[Si](C)(C)[Si](C)(F)F. The number of hydrogen-bond donors (Lipinski definition) is 0. The van der Waals surface area contributed by atoms with Gasteiger partial charge in [0.2, 0.25) is 0 Å². The Hall–Kier alpha value is 0.511. The minimum Gasteiger partial charge on any atom is -0.276 e. The van der Waals surface area contributed by atoms with Crippen molar-refractivity contribution in [1.29, 1.82) is 0 Å². The predicted molar refractivity (Wildman–Crippen MR) is 54.7 cm³/mol. The highest BCUT2D eigenvalue weighted by atomic mass is 29.7. The van der Waals surface area contributed by atoms with Crippen LogP contribution in [0.5, 0.6) is 0 Å². The van der Waals surface area contributed by atoms with Gasteiger partial charge in [0.05, 0.1) is 0 Å². The van der Waals surface area contributed by atoms with E-state index in [4.69, 9.17) is 0 Å². The second kappa shape index (κ2) is 2.77. The monoisotopic (exact) mass is 212 g/mol. The topological polar surface area (TPSA) is 0 Å². The zero-order valence-corrected chi connectivity index (χ0v) is 11.3. The summed E-state index contributed by atoms with van der Waals surface area (Å²) in [7, 11) is -7.55. The Bertz CT molecular complexity index is 127. The van der Waals surface area contributed by atoms with Crippen LogP contribution in [0.1, 0.15) is 0 Å². The molecule has 0 amide bonds. The third kappa shape index (κ3) is 2.22. The molecule has 0 rings (SSSR count). The number of hydrogen-bond acceptors (Lipinski definition) is 0. The van der Waals surface area contributed by atoms with Crippen LogP contribution in [-0.2, 0) is 0 Å². The highest BCUT2D eigenvalue weighted by Crippen LogP contribution is 2.30. The van der Waals surface area contributed by atoms with Crippen molar-refractivity contribution in [3.63, 3.8) is 0 Å². The maximum Gasteiger partial charge on any atom is 0.398 e. The third-order valence-electron chi connectivity index (χ3n) is 2.97. The van der Waals surface area contributed by atoms with Gasteiger partial charge in [0.25, 0.3) is 0 Å². The first-order valence-corrected chi connectivity index (χ1v) is 14.6. The Morgan fingerprint density at radius 1 is 0.727 bits per heavy atom. The Kier molecular flexibility index (Phi) is 2.90. The minimum absolute atomic E-state index is 1.22. The Morgan fingerprint density at radius 3 is 1.00 bits per heavy atom. The molecule has 0 heterocycles. The molecular weight excluding hydrogens is 194 g/mol. The van der Waals surface area contributed by atoms with E-state index in [-0.39, 0.29) is 0 Å². The highest BCUT2D eigenvalue weighted by molar-refractivity contribution is 7.65. The fourth-order valence-corrected chi connectivity index (χ4v) is 17.8. The molecule has 68 valence electrons. The summed E-state index contributed by atoms with van der Waals surface area (Å²) in [5.41, 5.74) is 0. The van der Waals surface area contributed by atoms with Crippen molar-refractivity contribution in [2.24, 2.45) is 0 Å². The molecule has 0 atom stereocenters. The van der Waals surface area contributed by atoms with Gasteiger partial charge in [-0.3, -0.25) is 8.22 Å². The summed E-state index contributed by atoms with van der Waals surface area (Å²) in [5, 5.41) is 0. The van der Waals surface area contributed by atoms with Crippen LogP contribution < -0.4 is 0 Å². The normalized spacial score (nSPS) is 15.3. The molecule has 0 spiro atoms. The summed E-state index contributed by atoms with van der Waals surface area (Å²) >= 11 is 0. The quantitative estimate of drug-likeness (QED) is 0.487. The maximum atomic E-state index is 13.2. The van der Waals surface area contributed by atoms with Gasteiger partial charge < -0.3 is 0 Å². The van der Waals surface area contributed by atoms with Gasteiger partial charge >= 0.3 is 8.26 Å².